The van der Waals surface area contributed by atoms with Crippen molar-refractivity contribution >= 4 is 11.6 Å². The van der Waals surface area contributed by atoms with E-state index in [9.17, 15) is 9.18 Å². The number of piperidine rings is 1. The van der Waals surface area contributed by atoms with Crippen molar-refractivity contribution in [2.45, 2.75) is 38.3 Å². The van der Waals surface area contributed by atoms with E-state index in [0.29, 0.717) is 5.69 Å². The summed E-state index contributed by atoms with van der Waals surface area (Å²) < 4.78 is 19.7. The lowest BCUT2D eigenvalue weighted by Crippen LogP contribution is -2.51. The van der Waals surface area contributed by atoms with E-state index in [1.165, 1.54) is 18.7 Å². The number of benzene rings is 2. The summed E-state index contributed by atoms with van der Waals surface area (Å²) in [4.78, 5) is 17.0. The van der Waals surface area contributed by atoms with Crippen LogP contribution in [0.2, 0.25) is 0 Å². The van der Waals surface area contributed by atoms with Gasteiger partial charge >= 0.3 is 0 Å². The topological polar surface area (TPSA) is 32.8 Å². The van der Waals surface area contributed by atoms with Crippen LogP contribution in [0, 0.1) is 5.82 Å². The van der Waals surface area contributed by atoms with Crippen LogP contribution in [-0.2, 0) is 16.0 Å². The highest BCUT2D eigenvalue weighted by atomic mass is 19.1. The highest BCUT2D eigenvalue weighted by Crippen LogP contribution is 2.27. The summed E-state index contributed by atoms with van der Waals surface area (Å²) in [5.74, 6) is -0.555. The van der Waals surface area contributed by atoms with E-state index in [4.69, 9.17) is 4.74 Å². The van der Waals surface area contributed by atoms with Gasteiger partial charge in [0.25, 0.3) is 5.91 Å². The number of halogens is 1. The van der Waals surface area contributed by atoms with E-state index in [2.05, 4.69) is 29.2 Å². The maximum absolute atomic E-state index is 14.5. The van der Waals surface area contributed by atoms with Crippen molar-refractivity contribution in [1.29, 1.82) is 0 Å². The van der Waals surface area contributed by atoms with Crippen molar-refractivity contribution in [3.63, 3.8) is 0 Å². The fraction of sp³-hybridized carbons (Fsp3) is 0.435. The molecule has 1 unspecified atom stereocenters. The molecule has 5 heteroatoms. The molecule has 0 bridgehead atoms. The van der Waals surface area contributed by atoms with Crippen LogP contribution in [0.15, 0.2) is 54.6 Å². The Kier molecular flexibility index (Phi) is 7.18. The van der Waals surface area contributed by atoms with Gasteiger partial charge in [0.05, 0.1) is 5.69 Å². The van der Waals surface area contributed by atoms with Gasteiger partial charge < -0.3 is 14.5 Å². The second-order valence-electron chi connectivity index (χ2n) is 7.35. The van der Waals surface area contributed by atoms with E-state index in [1.807, 2.05) is 6.07 Å². The first-order chi connectivity index (χ1) is 13.6. The molecule has 1 fully saturated rings. The van der Waals surface area contributed by atoms with Gasteiger partial charge in [0.15, 0.2) is 0 Å². The quantitative estimate of drug-likeness (QED) is 0.726. The Morgan fingerprint density at radius 2 is 1.79 bits per heavy atom. The predicted octanol–water partition coefficient (Wildman–Crippen LogP) is 3.90. The minimum absolute atomic E-state index is 0.0185. The first kappa shape index (κ1) is 20.5. The van der Waals surface area contributed by atoms with Crippen LogP contribution < -0.4 is 4.90 Å². The zero-order chi connectivity index (χ0) is 19.9. The molecule has 1 heterocycles. The Bertz CT molecular complexity index is 760. The molecular weight excluding hydrogens is 355 g/mol. The molecule has 1 aliphatic heterocycles. The Morgan fingerprint density at radius 1 is 1.14 bits per heavy atom. The Morgan fingerprint density at radius 3 is 2.43 bits per heavy atom. The SMILES string of the molecule is COC(C)C(=O)N(c1ccccc1F)C1CCN(CCc2ccccc2)CC1. The summed E-state index contributed by atoms with van der Waals surface area (Å²) in [5.41, 5.74) is 1.68. The normalized spacial score (nSPS) is 16.7. The lowest BCUT2D eigenvalue weighted by Gasteiger charge is -2.39. The molecular formula is C23H29FN2O2. The molecule has 28 heavy (non-hydrogen) atoms. The number of likely N-dealkylation sites (tertiary alicyclic amines) is 1. The average Bonchev–Trinajstić information content (AvgIpc) is 2.74. The van der Waals surface area contributed by atoms with Gasteiger partial charge in [-0.05, 0) is 43.9 Å². The number of para-hydroxylation sites is 1. The average molecular weight is 384 g/mol. The molecule has 0 aromatic heterocycles. The second-order valence-corrected chi connectivity index (χ2v) is 7.35. The molecule has 0 aliphatic carbocycles. The van der Waals surface area contributed by atoms with Gasteiger partial charge in [0, 0.05) is 32.8 Å². The first-order valence-electron chi connectivity index (χ1n) is 9.97. The number of anilines is 1. The summed E-state index contributed by atoms with van der Waals surface area (Å²) in [6, 6.07) is 16.9. The summed E-state index contributed by atoms with van der Waals surface area (Å²) in [7, 11) is 1.51. The highest BCUT2D eigenvalue weighted by Gasteiger charge is 2.32. The molecule has 1 amide bonds. The van der Waals surface area contributed by atoms with Gasteiger partial charge in [0.1, 0.15) is 11.9 Å². The fourth-order valence-electron chi connectivity index (χ4n) is 3.77. The zero-order valence-corrected chi connectivity index (χ0v) is 16.7. The van der Waals surface area contributed by atoms with Gasteiger partial charge in [-0.25, -0.2) is 4.39 Å². The van der Waals surface area contributed by atoms with Crippen LogP contribution in [0.1, 0.15) is 25.3 Å². The summed E-state index contributed by atoms with van der Waals surface area (Å²) in [6.07, 6.45) is 2.06. The van der Waals surface area contributed by atoms with E-state index >= 15 is 0 Å². The predicted molar refractivity (Wildman–Crippen MR) is 110 cm³/mol. The molecule has 2 aromatic carbocycles. The maximum atomic E-state index is 14.5. The third kappa shape index (κ3) is 4.97. The van der Waals surface area contributed by atoms with Crippen molar-refractivity contribution in [1.82, 2.24) is 4.90 Å². The molecule has 0 spiro atoms. The third-order valence-corrected chi connectivity index (χ3v) is 5.53. The van der Waals surface area contributed by atoms with E-state index in [1.54, 1.807) is 30.0 Å². The van der Waals surface area contributed by atoms with Crippen LogP contribution in [0.25, 0.3) is 0 Å². The Labute approximate surface area is 166 Å². The zero-order valence-electron chi connectivity index (χ0n) is 16.7. The van der Waals surface area contributed by atoms with Crippen molar-refractivity contribution in [2.75, 3.05) is 31.6 Å². The number of ether oxygens (including phenoxy) is 1. The summed E-state index contributed by atoms with van der Waals surface area (Å²) in [5, 5.41) is 0. The van der Waals surface area contributed by atoms with E-state index < -0.39 is 6.10 Å². The molecule has 1 aliphatic rings. The van der Waals surface area contributed by atoms with E-state index in [-0.39, 0.29) is 17.8 Å². The smallest absolute Gasteiger partial charge is 0.256 e. The molecule has 150 valence electrons. The van der Waals surface area contributed by atoms with E-state index in [0.717, 1.165) is 38.9 Å². The van der Waals surface area contributed by atoms with Gasteiger partial charge in [-0.2, -0.15) is 0 Å². The lowest BCUT2D eigenvalue weighted by molar-refractivity contribution is -0.128. The molecule has 4 nitrogen and oxygen atoms in total. The number of carbonyl (C=O) groups excluding carboxylic acids is 1. The van der Waals surface area contributed by atoms with Gasteiger partial charge in [-0.3, -0.25) is 4.79 Å². The number of rotatable bonds is 7. The van der Waals surface area contributed by atoms with Crippen LogP contribution in [0.5, 0.6) is 0 Å². The number of methoxy groups -OCH3 is 1. The Hall–Kier alpha value is -2.24. The number of nitrogens with zero attached hydrogens (tertiary/aromatic N) is 2. The third-order valence-electron chi connectivity index (χ3n) is 5.53. The van der Waals surface area contributed by atoms with Crippen LogP contribution >= 0.6 is 0 Å². The maximum Gasteiger partial charge on any atom is 0.256 e. The number of hydrogen-bond donors (Lipinski definition) is 0. The van der Waals surface area contributed by atoms with Crippen LogP contribution in [0.4, 0.5) is 10.1 Å². The standard InChI is InChI=1S/C23H29FN2O2/c1-18(28-2)23(27)26(22-11-7-6-10-21(22)24)20-13-16-25(17-14-20)15-12-19-8-4-3-5-9-19/h3-11,18,20H,12-17H2,1-2H3. The number of amides is 1. The van der Waals surface area contributed by atoms with Crippen LogP contribution in [0.3, 0.4) is 0 Å². The van der Waals surface area contributed by atoms with Crippen molar-refractivity contribution in [3.8, 4) is 0 Å². The van der Waals surface area contributed by atoms with Gasteiger partial charge in [0.2, 0.25) is 0 Å². The number of carbonyl (C=O) groups is 1. The van der Waals surface area contributed by atoms with Crippen LogP contribution in [-0.4, -0.2) is 49.7 Å². The molecule has 1 atom stereocenters. The molecule has 3 rings (SSSR count). The minimum atomic E-state index is -0.601. The van der Waals surface area contributed by atoms with Crippen molar-refractivity contribution in [2.24, 2.45) is 0 Å². The molecule has 0 N–H and O–H groups in total. The summed E-state index contributed by atoms with van der Waals surface area (Å²) in [6.45, 7) is 4.51. The highest BCUT2D eigenvalue weighted by molar-refractivity contribution is 5.97. The Balaban J connectivity index is 1.66. The van der Waals surface area contributed by atoms with Gasteiger partial charge in [-0.1, -0.05) is 42.5 Å². The van der Waals surface area contributed by atoms with Gasteiger partial charge in [-0.15, -0.1) is 0 Å². The monoisotopic (exact) mass is 384 g/mol. The molecule has 1 saturated heterocycles. The summed E-state index contributed by atoms with van der Waals surface area (Å²) >= 11 is 0. The first-order valence-corrected chi connectivity index (χ1v) is 9.97. The molecule has 2 aromatic rings. The lowest BCUT2D eigenvalue weighted by atomic mass is 10.0. The molecule has 0 radical (unpaired) electrons. The van der Waals surface area contributed by atoms with Crippen molar-refractivity contribution in [3.05, 3.63) is 66.0 Å². The number of hydrogen-bond acceptors (Lipinski definition) is 3. The second kappa shape index (κ2) is 9.80. The molecule has 0 saturated carbocycles. The fourth-order valence-corrected chi connectivity index (χ4v) is 3.77. The van der Waals surface area contributed by atoms with Crippen molar-refractivity contribution < 1.29 is 13.9 Å². The minimum Gasteiger partial charge on any atom is -0.372 e. The largest absolute Gasteiger partial charge is 0.372 e.